The van der Waals surface area contributed by atoms with Crippen LogP contribution >= 0.6 is 11.6 Å². The number of carbonyl (C=O) groups excluding carboxylic acids is 1. The molecule has 0 saturated heterocycles. The third-order valence-electron chi connectivity index (χ3n) is 2.23. The van der Waals surface area contributed by atoms with Gasteiger partial charge in [0.25, 0.3) is 5.91 Å². The minimum atomic E-state index is -0.261. The van der Waals surface area contributed by atoms with E-state index in [4.69, 9.17) is 11.6 Å². The summed E-state index contributed by atoms with van der Waals surface area (Å²) in [5, 5.41) is 16.3. The molecule has 7 heteroatoms. The molecule has 0 aliphatic heterocycles. The van der Waals surface area contributed by atoms with Gasteiger partial charge >= 0.3 is 0 Å². The standard InChI is InChI=1S/C10H10ClN5O/c1-6-3-2-4-7(9(6)11)10(17)12-5-8-13-15-16-14-8/h2-4H,5H2,1H3,(H,12,17)(H,13,14,15,16). The van der Waals surface area contributed by atoms with Crippen LogP contribution in [-0.2, 0) is 6.54 Å². The number of rotatable bonds is 3. The van der Waals surface area contributed by atoms with Crippen LogP contribution in [0.5, 0.6) is 0 Å². The second-order valence-electron chi connectivity index (χ2n) is 3.45. The number of aromatic amines is 1. The Labute approximate surface area is 102 Å². The first-order valence-corrected chi connectivity index (χ1v) is 5.32. The van der Waals surface area contributed by atoms with Crippen molar-refractivity contribution in [2.24, 2.45) is 0 Å². The van der Waals surface area contributed by atoms with E-state index in [1.54, 1.807) is 12.1 Å². The van der Waals surface area contributed by atoms with Crippen molar-refractivity contribution in [1.29, 1.82) is 0 Å². The molecule has 1 aromatic heterocycles. The molecule has 0 bridgehead atoms. The molecule has 0 spiro atoms. The summed E-state index contributed by atoms with van der Waals surface area (Å²) in [7, 11) is 0. The normalized spacial score (nSPS) is 10.2. The van der Waals surface area contributed by atoms with Gasteiger partial charge in [-0.3, -0.25) is 4.79 Å². The molecule has 0 aliphatic rings. The van der Waals surface area contributed by atoms with E-state index >= 15 is 0 Å². The van der Waals surface area contributed by atoms with Crippen molar-refractivity contribution >= 4 is 17.5 Å². The molecule has 2 aromatic rings. The third kappa shape index (κ3) is 2.59. The first kappa shape index (κ1) is 11.5. The number of hydrogen-bond acceptors (Lipinski definition) is 4. The number of aromatic nitrogens is 4. The quantitative estimate of drug-likeness (QED) is 0.855. The summed E-state index contributed by atoms with van der Waals surface area (Å²) < 4.78 is 0. The van der Waals surface area contributed by atoms with Crippen molar-refractivity contribution in [1.82, 2.24) is 25.9 Å². The first-order valence-electron chi connectivity index (χ1n) is 4.94. The highest BCUT2D eigenvalue weighted by Crippen LogP contribution is 2.19. The highest BCUT2D eigenvalue weighted by atomic mass is 35.5. The van der Waals surface area contributed by atoms with Gasteiger partial charge in [0.05, 0.1) is 17.1 Å². The van der Waals surface area contributed by atoms with Crippen LogP contribution in [0.4, 0.5) is 0 Å². The molecule has 2 N–H and O–H groups in total. The highest BCUT2D eigenvalue weighted by Gasteiger charge is 2.11. The van der Waals surface area contributed by atoms with Crippen molar-refractivity contribution in [2.45, 2.75) is 13.5 Å². The van der Waals surface area contributed by atoms with Crippen LogP contribution in [0.3, 0.4) is 0 Å². The van der Waals surface area contributed by atoms with E-state index in [-0.39, 0.29) is 12.5 Å². The summed E-state index contributed by atoms with van der Waals surface area (Å²) in [6.07, 6.45) is 0. The monoisotopic (exact) mass is 251 g/mol. The number of tetrazole rings is 1. The van der Waals surface area contributed by atoms with Crippen LogP contribution in [0, 0.1) is 6.92 Å². The Morgan fingerprint density at radius 2 is 2.35 bits per heavy atom. The number of aryl methyl sites for hydroxylation is 1. The average molecular weight is 252 g/mol. The van der Waals surface area contributed by atoms with Crippen LogP contribution in [-0.4, -0.2) is 26.5 Å². The molecule has 0 saturated carbocycles. The number of hydrogen-bond donors (Lipinski definition) is 2. The molecule has 0 radical (unpaired) electrons. The minimum Gasteiger partial charge on any atom is -0.345 e. The van der Waals surface area contributed by atoms with Crippen molar-refractivity contribution in [2.75, 3.05) is 0 Å². The number of benzene rings is 1. The van der Waals surface area contributed by atoms with E-state index in [9.17, 15) is 4.79 Å². The van der Waals surface area contributed by atoms with Crippen LogP contribution in [0.15, 0.2) is 18.2 Å². The van der Waals surface area contributed by atoms with Gasteiger partial charge in [0.15, 0.2) is 5.82 Å². The first-order chi connectivity index (χ1) is 8.18. The van der Waals surface area contributed by atoms with Gasteiger partial charge in [-0.25, -0.2) is 0 Å². The molecule has 1 heterocycles. The second-order valence-corrected chi connectivity index (χ2v) is 3.83. The largest absolute Gasteiger partial charge is 0.345 e. The fourth-order valence-electron chi connectivity index (χ4n) is 1.33. The molecule has 0 fully saturated rings. The zero-order chi connectivity index (χ0) is 12.3. The number of nitrogens with zero attached hydrogens (tertiary/aromatic N) is 3. The van der Waals surface area contributed by atoms with Crippen molar-refractivity contribution in [3.05, 3.63) is 40.2 Å². The van der Waals surface area contributed by atoms with Gasteiger partial charge in [-0.15, -0.1) is 10.2 Å². The lowest BCUT2D eigenvalue weighted by atomic mass is 10.1. The zero-order valence-corrected chi connectivity index (χ0v) is 9.82. The third-order valence-corrected chi connectivity index (χ3v) is 2.73. The number of carbonyl (C=O) groups is 1. The molecule has 2 rings (SSSR count). The van der Waals surface area contributed by atoms with Crippen LogP contribution in [0.25, 0.3) is 0 Å². The summed E-state index contributed by atoms with van der Waals surface area (Å²) in [5.74, 6) is 0.158. The maximum Gasteiger partial charge on any atom is 0.253 e. The minimum absolute atomic E-state index is 0.208. The number of amides is 1. The maximum absolute atomic E-state index is 11.8. The topological polar surface area (TPSA) is 83.6 Å². The average Bonchev–Trinajstić information content (AvgIpc) is 2.82. The lowest BCUT2D eigenvalue weighted by molar-refractivity contribution is 0.0950. The SMILES string of the molecule is Cc1cccc(C(=O)NCc2nn[nH]n2)c1Cl. The molecule has 1 amide bonds. The molecule has 0 unspecified atom stereocenters. The summed E-state index contributed by atoms with van der Waals surface area (Å²) in [5.41, 5.74) is 1.30. The predicted octanol–water partition coefficient (Wildman–Crippen LogP) is 1.09. The van der Waals surface area contributed by atoms with E-state index in [2.05, 4.69) is 25.9 Å². The fraction of sp³-hybridized carbons (Fsp3) is 0.200. The van der Waals surface area contributed by atoms with Gasteiger partial charge in [-0.2, -0.15) is 5.21 Å². The molecular formula is C10H10ClN5O. The Bertz CT molecular complexity index is 525. The maximum atomic E-state index is 11.8. The van der Waals surface area contributed by atoms with E-state index in [0.29, 0.717) is 16.4 Å². The lowest BCUT2D eigenvalue weighted by Crippen LogP contribution is -2.23. The van der Waals surface area contributed by atoms with Crippen molar-refractivity contribution in [3.8, 4) is 0 Å². The Kier molecular flexibility index (Phi) is 3.34. The zero-order valence-electron chi connectivity index (χ0n) is 9.07. The molecule has 0 aliphatic carbocycles. The Morgan fingerprint density at radius 1 is 1.53 bits per heavy atom. The molecule has 6 nitrogen and oxygen atoms in total. The molecule has 17 heavy (non-hydrogen) atoms. The predicted molar refractivity (Wildman–Crippen MR) is 61.5 cm³/mol. The summed E-state index contributed by atoms with van der Waals surface area (Å²) in [4.78, 5) is 11.8. The summed E-state index contributed by atoms with van der Waals surface area (Å²) in [6, 6.07) is 5.30. The Hall–Kier alpha value is -1.95. The molecular weight excluding hydrogens is 242 g/mol. The number of halogens is 1. The van der Waals surface area contributed by atoms with E-state index in [1.807, 2.05) is 13.0 Å². The smallest absolute Gasteiger partial charge is 0.253 e. The van der Waals surface area contributed by atoms with Gasteiger partial charge in [-0.05, 0) is 18.6 Å². The van der Waals surface area contributed by atoms with Crippen molar-refractivity contribution < 1.29 is 4.79 Å². The van der Waals surface area contributed by atoms with E-state index < -0.39 is 0 Å². The highest BCUT2D eigenvalue weighted by molar-refractivity contribution is 6.34. The second kappa shape index (κ2) is 4.92. The van der Waals surface area contributed by atoms with E-state index in [0.717, 1.165) is 5.56 Å². The molecule has 1 aromatic carbocycles. The Morgan fingerprint density at radius 3 is 3.06 bits per heavy atom. The van der Waals surface area contributed by atoms with E-state index in [1.165, 1.54) is 0 Å². The fourth-order valence-corrected chi connectivity index (χ4v) is 1.55. The van der Waals surface area contributed by atoms with Crippen molar-refractivity contribution in [3.63, 3.8) is 0 Å². The van der Waals surface area contributed by atoms with Gasteiger partial charge in [0.1, 0.15) is 0 Å². The molecule has 88 valence electrons. The van der Waals surface area contributed by atoms with Gasteiger partial charge in [0.2, 0.25) is 0 Å². The number of nitrogens with one attached hydrogen (secondary N) is 2. The lowest BCUT2D eigenvalue weighted by Gasteiger charge is -2.06. The summed E-state index contributed by atoms with van der Waals surface area (Å²) in [6.45, 7) is 2.05. The van der Waals surface area contributed by atoms with Gasteiger partial charge < -0.3 is 5.32 Å². The number of H-pyrrole nitrogens is 1. The summed E-state index contributed by atoms with van der Waals surface area (Å²) >= 11 is 6.04. The van der Waals surface area contributed by atoms with Crippen LogP contribution in [0.1, 0.15) is 21.7 Å². The van der Waals surface area contributed by atoms with Crippen LogP contribution in [0.2, 0.25) is 5.02 Å². The Balaban J connectivity index is 2.07. The van der Waals surface area contributed by atoms with Gasteiger partial charge in [0, 0.05) is 0 Å². The van der Waals surface area contributed by atoms with Gasteiger partial charge in [-0.1, -0.05) is 28.9 Å². The molecule has 0 atom stereocenters. The van der Waals surface area contributed by atoms with Crippen LogP contribution < -0.4 is 5.32 Å².